The van der Waals surface area contributed by atoms with E-state index in [1.54, 1.807) is 0 Å². The smallest absolute Gasteiger partial charge is 0.255 e. The molecule has 3 heterocycles. The fourth-order valence-electron chi connectivity index (χ4n) is 4.03. The van der Waals surface area contributed by atoms with Crippen LogP contribution >= 0.6 is 0 Å². The number of carbonyl (C=O) groups excluding carboxylic acids is 1. The molecule has 0 aromatic carbocycles. The lowest BCUT2D eigenvalue weighted by molar-refractivity contribution is 0.0663. The summed E-state index contributed by atoms with van der Waals surface area (Å²) in [7, 11) is 6.34. The Morgan fingerprint density at radius 1 is 1.10 bits per heavy atom. The molecular weight excluding hydrogens is 388 g/mol. The zero-order valence-electron chi connectivity index (χ0n) is 20.3. The number of hydrogen-bond donors (Lipinski definition) is 0. The fourth-order valence-corrected chi connectivity index (χ4v) is 4.03. The Morgan fingerprint density at radius 2 is 1.81 bits per heavy atom. The number of hydrogen-bond acceptors (Lipinski definition) is 5. The predicted molar refractivity (Wildman–Crippen MR) is 128 cm³/mol. The summed E-state index contributed by atoms with van der Waals surface area (Å²) < 4.78 is 2.15. The van der Waals surface area contributed by atoms with Crippen molar-refractivity contribution in [3.8, 4) is 0 Å². The highest BCUT2D eigenvalue weighted by molar-refractivity contribution is 5.94. The molecule has 31 heavy (non-hydrogen) atoms. The van der Waals surface area contributed by atoms with Crippen molar-refractivity contribution in [2.24, 2.45) is 5.92 Å². The third-order valence-electron chi connectivity index (χ3n) is 6.13. The van der Waals surface area contributed by atoms with Crippen molar-refractivity contribution < 1.29 is 4.79 Å². The summed E-state index contributed by atoms with van der Waals surface area (Å²) in [4.78, 5) is 27.0. The third-order valence-corrected chi connectivity index (χ3v) is 6.13. The standard InChI is InChI=1S/C24H40N6O/c1-7-21-23(28(11-10-19(2)3)15-12-26(4)5)30-18-20(8-9-22(30)25-21)24(31)29-16-13-27(6)14-17-29/h8-9,18-19H,7,10-17H2,1-6H3. The van der Waals surface area contributed by atoms with Crippen molar-refractivity contribution >= 4 is 17.4 Å². The van der Waals surface area contributed by atoms with Gasteiger partial charge in [0.2, 0.25) is 0 Å². The van der Waals surface area contributed by atoms with Gasteiger partial charge in [0, 0.05) is 52.0 Å². The van der Waals surface area contributed by atoms with E-state index >= 15 is 0 Å². The molecule has 2 aromatic rings. The molecule has 0 radical (unpaired) electrons. The molecule has 0 N–H and O–H groups in total. The Morgan fingerprint density at radius 3 is 2.42 bits per heavy atom. The number of carbonyl (C=O) groups is 1. The van der Waals surface area contributed by atoms with E-state index in [-0.39, 0.29) is 5.91 Å². The average Bonchev–Trinajstić information content (AvgIpc) is 3.11. The minimum absolute atomic E-state index is 0.120. The van der Waals surface area contributed by atoms with E-state index < -0.39 is 0 Å². The first kappa shape index (κ1) is 23.5. The number of likely N-dealkylation sites (N-methyl/N-ethyl adjacent to an activating group) is 2. The normalized spacial score (nSPS) is 15.4. The first-order valence-corrected chi connectivity index (χ1v) is 11.7. The van der Waals surface area contributed by atoms with Gasteiger partial charge in [-0.3, -0.25) is 9.20 Å². The number of aromatic nitrogens is 2. The molecule has 0 bridgehead atoms. The minimum atomic E-state index is 0.120. The maximum Gasteiger partial charge on any atom is 0.255 e. The number of aryl methyl sites for hydroxylation is 1. The van der Waals surface area contributed by atoms with E-state index in [4.69, 9.17) is 4.98 Å². The van der Waals surface area contributed by atoms with Crippen LogP contribution in [0.2, 0.25) is 0 Å². The van der Waals surface area contributed by atoms with Gasteiger partial charge < -0.3 is 19.6 Å². The second-order valence-electron chi connectivity index (χ2n) is 9.45. The highest BCUT2D eigenvalue weighted by Crippen LogP contribution is 2.25. The van der Waals surface area contributed by atoms with Crippen molar-refractivity contribution in [2.75, 3.05) is 71.9 Å². The lowest BCUT2D eigenvalue weighted by atomic mass is 10.1. The highest BCUT2D eigenvalue weighted by atomic mass is 16.2. The van der Waals surface area contributed by atoms with Crippen LogP contribution in [0.3, 0.4) is 0 Å². The Labute approximate surface area is 187 Å². The second-order valence-corrected chi connectivity index (χ2v) is 9.45. The molecule has 3 rings (SSSR count). The Hall–Kier alpha value is -2.12. The lowest BCUT2D eigenvalue weighted by Crippen LogP contribution is -2.47. The van der Waals surface area contributed by atoms with Crippen LogP contribution in [0.4, 0.5) is 5.82 Å². The molecule has 172 valence electrons. The summed E-state index contributed by atoms with van der Waals surface area (Å²) in [6.45, 7) is 13.0. The summed E-state index contributed by atoms with van der Waals surface area (Å²) in [5, 5.41) is 0. The van der Waals surface area contributed by atoms with E-state index in [1.807, 2.05) is 23.2 Å². The third kappa shape index (κ3) is 5.77. The van der Waals surface area contributed by atoms with E-state index in [9.17, 15) is 4.79 Å². The molecule has 0 atom stereocenters. The van der Waals surface area contributed by atoms with Crippen molar-refractivity contribution in [1.82, 2.24) is 24.1 Å². The molecule has 1 aliphatic heterocycles. The summed E-state index contributed by atoms with van der Waals surface area (Å²) >= 11 is 0. The van der Waals surface area contributed by atoms with Gasteiger partial charge in [0.15, 0.2) is 0 Å². The average molecular weight is 429 g/mol. The molecule has 0 saturated carbocycles. The van der Waals surface area contributed by atoms with Gasteiger partial charge in [-0.1, -0.05) is 20.8 Å². The summed E-state index contributed by atoms with van der Waals surface area (Å²) in [6.07, 6.45) is 4.01. The zero-order valence-corrected chi connectivity index (χ0v) is 20.3. The molecule has 1 amide bonds. The van der Waals surface area contributed by atoms with Crippen molar-refractivity contribution in [3.05, 3.63) is 29.6 Å². The lowest BCUT2D eigenvalue weighted by Gasteiger charge is -2.32. The van der Waals surface area contributed by atoms with Gasteiger partial charge in [-0.15, -0.1) is 0 Å². The highest BCUT2D eigenvalue weighted by Gasteiger charge is 2.23. The number of imidazole rings is 1. The van der Waals surface area contributed by atoms with E-state index in [0.717, 1.165) is 81.4 Å². The molecule has 0 aliphatic carbocycles. The van der Waals surface area contributed by atoms with Gasteiger partial charge in [-0.2, -0.15) is 0 Å². The molecular formula is C24H40N6O. The summed E-state index contributed by atoms with van der Waals surface area (Å²) in [6, 6.07) is 3.93. The van der Waals surface area contributed by atoms with Crippen molar-refractivity contribution in [3.63, 3.8) is 0 Å². The molecule has 1 saturated heterocycles. The number of nitrogens with zero attached hydrogens (tertiary/aromatic N) is 6. The number of amides is 1. The van der Waals surface area contributed by atoms with Crippen LogP contribution in [0.15, 0.2) is 18.3 Å². The van der Waals surface area contributed by atoms with Gasteiger partial charge >= 0.3 is 0 Å². The number of fused-ring (bicyclic) bond motifs is 1. The molecule has 7 nitrogen and oxygen atoms in total. The molecule has 2 aromatic heterocycles. The first-order chi connectivity index (χ1) is 14.8. The number of piperazine rings is 1. The van der Waals surface area contributed by atoms with Crippen molar-refractivity contribution in [2.45, 2.75) is 33.6 Å². The Bertz CT molecular complexity index is 854. The SMILES string of the molecule is CCc1nc2ccc(C(=O)N3CCN(C)CC3)cn2c1N(CCC(C)C)CCN(C)C. The van der Waals surface area contributed by atoms with Gasteiger partial charge in [0.1, 0.15) is 11.5 Å². The van der Waals surface area contributed by atoms with Crippen LogP contribution in [0.1, 0.15) is 43.2 Å². The van der Waals surface area contributed by atoms with Gasteiger partial charge in [0.25, 0.3) is 5.91 Å². The van der Waals surface area contributed by atoms with Crippen LogP contribution in [0.25, 0.3) is 5.65 Å². The summed E-state index contributed by atoms with van der Waals surface area (Å²) in [5.41, 5.74) is 2.77. The van der Waals surface area contributed by atoms with Crippen LogP contribution in [0, 0.1) is 5.92 Å². The summed E-state index contributed by atoms with van der Waals surface area (Å²) in [5.74, 6) is 1.91. The fraction of sp³-hybridized carbons (Fsp3) is 0.667. The maximum absolute atomic E-state index is 13.2. The number of anilines is 1. The van der Waals surface area contributed by atoms with Crippen LogP contribution in [-0.2, 0) is 6.42 Å². The predicted octanol–water partition coefficient (Wildman–Crippen LogP) is 2.70. The monoisotopic (exact) mass is 428 g/mol. The van der Waals surface area contributed by atoms with E-state index in [1.165, 1.54) is 0 Å². The van der Waals surface area contributed by atoms with E-state index in [0.29, 0.717) is 5.92 Å². The van der Waals surface area contributed by atoms with Crippen LogP contribution in [-0.4, -0.2) is 96.9 Å². The zero-order chi connectivity index (χ0) is 22.5. The van der Waals surface area contributed by atoms with Gasteiger partial charge in [0.05, 0.1) is 11.3 Å². The molecule has 1 aliphatic rings. The van der Waals surface area contributed by atoms with Crippen molar-refractivity contribution in [1.29, 1.82) is 0 Å². The van der Waals surface area contributed by atoms with Crippen LogP contribution < -0.4 is 4.90 Å². The molecule has 7 heteroatoms. The first-order valence-electron chi connectivity index (χ1n) is 11.7. The van der Waals surface area contributed by atoms with Gasteiger partial charge in [-0.05, 0) is 52.0 Å². The molecule has 1 fully saturated rings. The molecule has 0 unspecified atom stereocenters. The largest absolute Gasteiger partial charge is 0.355 e. The Balaban J connectivity index is 1.95. The number of pyridine rings is 1. The minimum Gasteiger partial charge on any atom is -0.355 e. The second kappa shape index (κ2) is 10.5. The van der Waals surface area contributed by atoms with Gasteiger partial charge in [-0.25, -0.2) is 4.98 Å². The van der Waals surface area contributed by atoms with E-state index in [2.05, 4.69) is 61.0 Å². The maximum atomic E-state index is 13.2. The topological polar surface area (TPSA) is 47.3 Å². The van der Waals surface area contributed by atoms with Crippen LogP contribution in [0.5, 0.6) is 0 Å². The quantitative estimate of drug-likeness (QED) is 0.615. The Kier molecular flexibility index (Phi) is 7.94. The molecule has 0 spiro atoms. The number of rotatable bonds is 9.